The van der Waals surface area contributed by atoms with E-state index in [4.69, 9.17) is 9.97 Å². The maximum Gasteiger partial charge on any atom is 0.145 e. The fourth-order valence-electron chi connectivity index (χ4n) is 8.40. The molecule has 4 nitrogen and oxygen atoms in total. The van der Waals surface area contributed by atoms with E-state index in [9.17, 15) is 0 Å². The fourth-order valence-corrected chi connectivity index (χ4v) is 8.40. The van der Waals surface area contributed by atoms with Crippen LogP contribution in [0.25, 0.3) is 99.9 Å². The maximum absolute atomic E-state index is 5.15. The second-order valence-electron chi connectivity index (χ2n) is 14.2. The van der Waals surface area contributed by atoms with Crippen LogP contribution in [0, 0.1) is 0 Å². The SMILES string of the molecule is c1ccc(-c2cc(-c3cccc(-n4c5ccccc5c5cccc(-c6ccc7c8cccnc8n(-c8ccccc8)c7c6)c54)c3)cc(-c3ccccc3)n2)cc1. The number of pyridine rings is 2. The van der Waals surface area contributed by atoms with Crippen molar-refractivity contribution >= 4 is 43.7 Å². The molecule has 0 saturated heterocycles. The van der Waals surface area contributed by atoms with E-state index in [0.717, 1.165) is 67.1 Å². The third-order valence-electron chi connectivity index (χ3n) is 10.9. The summed E-state index contributed by atoms with van der Waals surface area (Å²) in [4.78, 5) is 10.0. The van der Waals surface area contributed by atoms with Crippen LogP contribution in [0.15, 0.2) is 206 Å². The van der Waals surface area contributed by atoms with Crippen LogP contribution in [0.2, 0.25) is 0 Å². The van der Waals surface area contributed by atoms with Crippen molar-refractivity contribution < 1.29 is 0 Å². The van der Waals surface area contributed by atoms with Crippen molar-refractivity contribution in [3.8, 4) is 56.1 Å². The Kier molecular flexibility index (Phi) is 7.46. The Hall–Kier alpha value is -7.56. The van der Waals surface area contributed by atoms with E-state index in [0.29, 0.717) is 0 Å². The summed E-state index contributed by atoms with van der Waals surface area (Å²) in [6, 6.07) is 71.3. The normalized spacial score (nSPS) is 11.6. The molecule has 0 fully saturated rings. The largest absolute Gasteiger partial charge is 0.309 e. The number of para-hydroxylation sites is 3. The predicted molar refractivity (Wildman–Crippen MR) is 232 cm³/mol. The molecule has 11 rings (SSSR count). The van der Waals surface area contributed by atoms with Gasteiger partial charge in [-0.15, -0.1) is 0 Å². The molecule has 4 heterocycles. The molecular weight excluding hydrogens is 681 g/mol. The van der Waals surface area contributed by atoms with Gasteiger partial charge in [-0.3, -0.25) is 4.57 Å². The first-order valence-corrected chi connectivity index (χ1v) is 19.0. The minimum Gasteiger partial charge on any atom is -0.309 e. The highest BCUT2D eigenvalue weighted by Crippen LogP contribution is 2.41. The van der Waals surface area contributed by atoms with E-state index in [2.05, 4.69) is 191 Å². The van der Waals surface area contributed by atoms with E-state index < -0.39 is 0 Å². The van der Waals surface area contributed by atoms with Crippen molar-refractivity contribution in [3.63, 3.8) is 0 Å². The molecule has 56 heavy (non-hydrogen) atoms. The van der Waals surface area contributed by atoms with Crippen molar-refractivity contribution in [2.24, 2.45) is 0 Å². The van der Waals surface area contributed by atoms with Gasteiger partial charge >= 0.3 is 0 Å². The van der Waals surface area contributed by atoms with Crippen LogP contribution >= 0.6 is 0 Å². The molecule has 0 radical (unpaired) electrons. The van der Waals surface area contributed by atoms with Gasteiger partial charge in [0, 0.05) is 55.8 Å². The zero-order chi connectivity index (χ0) is 37.0. The molecule has 0 bridgehead atoms. The predicted octanol–water partition coefficient (Wildman–Crippen LogP) is 13.3. The van der Waals surface area contributed by atoms with Gasteiger partial charge in [0.05, 0.1) is 27.9 Å². The molecule has 0 unspecified atom stereocenters. The Labute approximate surface area is 324 Å². The summed E-state index contributed by atoms with van der Waals surface area (Å²) in [6.45, 7) is 0. The standard InChI is InChI=1S/C52H34N4/c1-4-15-35(16-5-1)47-32-39(33-48(54-47)36-17-6-2-7-18-36)37-19-12-22-41(31-37)55-49-27-11-10-23-43(49)45-25-13-24-42(51(45)55)38-28-29-44-46-26-14-30-53-52(46)56(50(44)34-38)40-20-8-3-9-21-40/h1-34H. The Balaban J connectivity index is 1.13. The van der Waals surface area contributed by atoms with Crippen LogP contribution in [-0.2, 0) is 0 Å². The first kappa shape index (κ1) is 31.9. The van der Waals surface area contributed by atoms with Gasteiger partial charge < -0.3 is 4.57 Å². The van der Waals surface area contributed by atoms with E-state index in [-0.39, 0.29) is 0 Å². The molecule has 262 valence electrons. The molecule has 0 aliphatic heterocycles. The lowest BCUT2D eigenvalue weighted by molar-refractivity contribution is 1.14. The fraction of sp³-hybridized carbons (Fsp3) is 0. The summed E-state index contributed by atoms with van der Waals surface area (Å²) in [6.07, 6.45) is 1.88. The molecule has 11 aromatic rings. The summed E-state index contributed by atoms with van der Waals surface area (Å²) < 4.78 is 4.73. The van der Waals surface area contributed by atoms with Crippen molar-refractivity contribution in [2.45, 2.75) is 0 Å². The Bertz CT molecular complexity index is 3170. The van der Waals surface area contributed by atoms with Gasteiger partial charge in [0.2, 0.25) is 0 Å². The molecule has 7 aromatic carbocycles. The van der Waals surface area contributed by atoms with Crippen LogP contribution in [-0.4, -0.2) is 19.1 Å². The lowest BCUT2D eigenvalue weighted by Crippen LogP contribution is -1.97. The zero-order valence-corrected chi connectivity index (χ0v) is 30.4. The number of hydrogen-bond acceptors (Lipinski definition) is 2. The average molecular weight is 715 g/mol. The van der Waals surface area contributed by atoms with Gasteiger partial charge in [-0.05, 0) is 77.4 Å². The first-order chi connectivity index (χ1) is 27.8. The van der Waals surface area contributed by atoms with Crippen LogP contribution in [0.1, 0.15) is 0 Å². The summed E-state index contributed by atoms with van der Waals surface area (Å²) in [5, 5.41) is 4.77. The Morgan fingerprint density at radius 1 is 0.339 bits per heavy atom. The van der Waals surface area contributed by atoms with Crippen molar-refractivity contribution in [1.29, 1.82) is 0 Å². The van der Waals surface area contributed by atoms with Gasteiger partial charge in [0.25, 0.3) is 0 Å². The highest BCUT2D eigenvalue weighted by atomic mass is 15.0. The summed E-state index contributed by atoms with van der Waals surface area (Å²) in [5.74, 6) is 0. The molecular formula is C52H34N4. The first-order valence-electron chi connectivity index (χ1n) is 19.0. The van der Waals surface area contributed by atoms with Gasteiger partial charge in [0.15, 0.2) is 0 Å². The van der Waals surface area contributed by atoms with Gasteiger partial charge in [-0.25, -0.2) is 9.97 Å². The van der Waals surface area contributed by atoms with Gasteiger partial charge in [0.1, 0.15) is 5.65 Å². The maximum atomic E-state index is 5.15. The Morgan fingerprint density at radius 3 is 1.71 bits per heavy atom. The monoisotopic (exact) mass is 714 g/mol. The highest BCUT2D eigenvalue weighted by Gasteiger charge is 2.19. The lowest BCUT2D eigenvalue weighted by Gasteiger charge is -2.15. The number of hydrogen-bond donors (Lipinski definition) is 0. The molecule has 0 aliphatic rings. The van der Waals surface area contributed by atoms with Crippen LogP contribution in [0.3, 0.4) is 0 Å². The molecule has 0 spiro atoms. The molecule has 0 amide bonds. The Morgan fingerprint density at radius 2 is 0.946 bits per heavy atom. The van der Waals surface area contributed by atoms with Crippen LogP contribution in [0.5, 0.6) is 0 Å². The van der Waals surface area contributed by atoms with Crippen molar-refractivity contribution in [1.82, 2.24) is 19.1 Å². The van der Waals surface area contributed by atoms with E-state index >= 15 is 0 Å². The second kappa shape index (κ2) is 13.1. The molecule has 4 heteroatoms. The zero-order valence-electron chi connectivity index (χ0n) is 30.4. The summed E-state index contributed by atoms with van der Waals surface area (Å²) in [7, 11) is 0. The van der Waals surface area contributed by atoms with Crippen LogP contribution < -0.4 is 0 Å². The number of benzene rings is 7. The topological polar surface area (TPSA) is 35.6 Å². The minimum absolute atomic E-state index is 0.949. The third kappa shape index (κ3) is 5.23. The number of nitrogens with zero attached hydrogens (tertiary/aromatic N) is 4. The molecule has 4 aromatic heterocycles. The molecule has 0 N–H and O–H groups in total. The molecule has 0 saturated carbocycles. The number of rotatable bonds is 6. The molecule has 0 aliphatic carbocycles. The number of aromatic nitrogens is 4. The van der Waals surface area contributed by atoms with Crippen LogP contribution in [0.4, 0.5) is 0 Å². The minimum atomic E-state index is 0.949. The summed E-state index contributed by atoms with van der Waals surface area (Å²) in [5.41, 5.74) is 15.3. The van der Waals surface area contributed by atoms with Crippen molar-refractivity contribution in [3.05, 3.63) is 206 Å². The van der Waals surface area contributed by atoms with E-state index in [1.807, 2.05) is 24.4 Å². The quantitative estimate of drug-likeness (QED) is 0.172. The average Bonchev–Trinajstić information content (AvgIpc) is 3.80. The van der Waals surface area contributed by atoms with Gasteiger partial charge in [-0.2, -0.15) is 0 Å². The van der Waals surface area contributed by atoms with E-state index in [1.165, 1.54) is 32.8 Å². The molecule has 0 atom stereocenters. The van der Waals surface area contributed by atoms with E-state index in [1.54, 1.807) is 0 Å². The second-order valence-corrected chi connectivity index (χ2v) is 14.2. The smallest absolute Gasteiger partial charge is 0.145 e. The van der Waals surface area contributed by atoms with Gasteiger partial charge in [-0.1, -0.05) is 140 Å². The summed E-state index contributed by atoms with van der Waals surface area (Å²) >= 11 is 0. The highest BCUT2D eigenvalue weighted by molar-refractivity contribution is 6.15. The number of fused-ring (bicyclic) bond motifs is 6. The van der Waals surface area contributed by atoms with Crippen molar-refractivity contribution in [2.75, 3.05) is 0 Å². The third-order valence-corrected chi connectivity index (χ3v) is 10.9. The lowest BCUT2D eigenvalue weighted by atomic mass is 9.99.